The molecule has 0 aromatic carbocycles. The van der Waals surface area contributed by atoms with Crippen LogP contribution < -0.4 is 72.0 Å². The molecule has 0 saturated carbocycles. The maximum Gasteiger partial charge on any atom is 0.305 e. The molecular formula is C55H98N16O16. The molecule has 0 aliphatic carbocycles. The summed E-state index contributed by atoms with van der Waals surface area (Å²) in [5.74, 6) is -17.0. The Labute approximate surface area is 507 Å². The van der Waals surface area contributed by atoms with Crippen molar-refractivity contribution >= 4 is 88.3 Å². The number of aliphatic hydroxyl groups excluding tert-OH is 2. The zero-order valence-electron chi connectivity index (χ0n) is 50.9. The maximum absolute atomic E-state index is 14.5. The van der Waals surface area contributed by atoms with E-state index in [1.165, 1.54) is 21.0 Å². The van der Waals surface area contributed by atoms with Crippen LogP contribution in [-0.4, -0.2) is 192 Å². The molecular weight excluding hydrogens is 1140 g/mol. The van der Waals surface area contributed by atoms with Crippen LogP contribution in [0.25, 0.3) is 0 Å². The first-order chi connectivity index (χ1) is 41.0. The molecule has 0 heterocycles. The third-order valence-corrected chi connectivity index (χ3v) is 14.7. The number of aliphatic carboxylic acids is 2. The smallest absolute Gasteiger partial charge is 0.305 e. The first kappa shape index (κ1) is 79.3. The minimum atomic E-state index is -1.66. The van der Waals surface area contributed by atoms with Crippen molar-refractivity contribution in [2.24, 2.45) is 90.6 Å². The zero-order chi connectivity index (χ0) is 66.3. The first-order valence-electron chi connectivity index (χ1n) is 29.3. The third-order valence-electron chi connectivity index (χ3n) is 14.7. The quantitative estimate of drug-likeness (QED) is 0.0156. The average molecular weight is 1240 g/mol. The van der Waals surface area contributed by atoms with Gasteiger partial charge in [0.25, 0.3) is 0 Å². The van der Waals surface area contributed by atoms with Crippen molar-refractivity contribution in [3.63, 3.8) is 0 Å². The first-order valence-corrected chi connectivity index (χ1v) is 29.3. The average Bonchev–Trinajstić information content (AvgIpc) is 3.01. The van der Waals surface area contributed by atoms with E-state index in [1.54, 1.807) is 6.92 Å². The monoisotopic (exact) mass is 1240 g/mol. The number of hydrogen-bond donors (Lipinski definition) is 17. The number of aliphatic imine (C=N–C) groups is 3. The van der Waals surface area contributed by atoms with Gasteiger partial charge in [-0.2, -0.15) is 0 Å². The Bertz CT molecular complexity index is 2360. The summed E-state index contributed by atoms with van der Waals surface area (Å²) in [5.41, 5.74) is 38.8. The van der Waals surface area contributed by atoms with Crippen molar-refractivity contribution in [3.05, 3.63) is 0 Å². The number of amides is 5. The number of unbranched alkanes of at least 4 members (excludes halogenated alkanes) is 1. The van der Waals surface area contributed by atoms with Crippen LogP contribution in [0, 0.1) is 35.5 Å². The fourth-order valence-corrected chi connectivity index (χ4v) is 9.26. The highest BCUT2D eigenvalue weighted by Gasteiger charge is 2.37. The predicted octanol–water partition coefficient (Wildman–Crippen LogP) is -4.18. The predicted molar refractivity (Wildman–Crippen MR) is 321 cm³/mol. The van der Waals surface area contributed by atoms with Crippen LogP contribution in [0.5, 0.6) is 0 Å². The molecule has 0 saturated heterocycles. The van der Waals surface area contributed by atoms with Crippen LogP contribution in [0.2, 0.25) is 0 Å². The van der Waals surface area contributed by atoms with Gasteiger partial charge >= 0.3 is 11.9 Å². The van der Waals surface area contributed by atoms with Crippen molar-refractivity contribution < 1.29 is 78.0 Å². The number of ketones is 5. The number of carbonyl (C=O) groups excluding carboxylic acids is 10. The third kappa shape index (κ3) is 33.1. The molecule has 0 spiro atoms. The molecule has 0 radical (unpaired) electrons. The van der Waals surface area contributed by atoms with Gasteiger partial charge in [-0.25, -0.2) is 0 Å². The summed E-state index contributed by atoms with van der Waals surface area (Å²) in [5, 5.41) is 54.6. The fourth-order valence-electron chi connectivity index (χ4n) is 9.26. The number of carboxylic acids is 2. The van der Waals surface area contributed by atoms with Gasteiger partial charge in [0.1, 0.15) is 6.04 Å². The highest BCUT2D eigenvalue weighted by Crippen LogP contribution is 2.24. The summed E-state index contributed by atoms with van der Waals surface area (Å²) < 4.78 is 0. The van der Waals surface area contributed by atoms with Crippen molar-refractivity contribution in [3.8, 4) is 0 Å². The minimum Gasteiger partial charge on any atom is -0.481 e. The van der Waals surface area contributed by atoms with E-state index < -0.39 is 188 Å². The molecule has 11 atom stereocenters. The summed E-state index contributed by atoms with van der Waals surface area (Å²) in [4.78, 5) is 173. The number of nitrogens with zero attached hydrogens (tertiary/aromatic N) is 3. The van der Waals surface area contributed by atoms with Gasteiger partial charge in [-0.1, -0.05) is 33.6 Å². The van der Waals surface area contributed by atoms with E-state index >= 15 is 0 Å². The van der Waals surface area contributed by atoms with Gasteiger partial charge in [-0.15, -0.1) is 0 Å². The van der Waals surface area contributed by atoms with Crippen molar-refractivity contribution in [1.29, 1.82) is 0 Å². The SMILES string of the molecule is CC[C@H](C)[C@H](CC(=O)[C@H](CC(=O)O)NC(=O)[C@H](C)CC(=O)[C@H](CO)NC(=O)[C@H](CCCN=C(N)N)CC(=O)[C@H](CCCN=C(N)N)NC(=O)[C@H](CCCCN)CC(=O)[C@H](CCC(=O)O)NC(=O)[C@H](CCCN=C(N)N)CC(=O)[C@H](CO)NC)C(=O)NC. The molecule has 87 heavy (non-hydrogen) atoms. The standard InChI is InChI=1S/C55H98N16O16/c1-6-30(2)35(52(87)64-5)26-45(78)38(27-47(81)82)70-48(83)31(3)22-41(74)40(29-73)71-51(86)33(13-9-19-65-53(57)58)24-42(75)36(15-11-21-67-55(61)62)68-49(84)32(12-7-8-18-56)23-43(76)37(16-17-46(79)80)69-50(85)34(14-10-20-66-54(59)60)25-44(77)39(28-72)63-4/h30-40,63,72-73H,6-29,56H2,1-5H3,(H,64,87)(H,68,84)(H,69,85)(H,70,83)(H,71,86)(H,79,80)(H,81,82)(H4,57,58,65)(H4,59,60,66)(H4,61,62,67)/t30-,31+,32+,33+,34+,35-,36-,37-,38-,39-,40-/m0/s1. The molecule has 0 aromatic heterocycles. The van der Waals surface area contributed by atoms with E-state index in [0.717, 1.165) is 0 Å². The van der Waals surface area contributed by atoms with Gasteiger partial charge < -0.3 is 92.5 Å². The molecule has 0 aliphatic rings. The Morgan fingerprint density at radius 1 is 0.437 bits per heavy atom. The number of carbonyl (C=O) groups is 12. The molecule has 0 fully saturated rings. The normalized spacial score (nSPS) is 14.9. The van der Waals surface area contributed by atoms with Crippen LogP contribution in [0.4, 0.5) is 0 Å². The lowest BCUT2D eigenvalue weighted by Crippen LogP contribution is -2.50. The van der Waals surface area contributed by atoms with E-state index in [4.69, 9.17) is 40.1 Å². The van der Waals surface area contributed by atoms with Crippen molar-refractivity contribution in [2.45, 2.75) is 167 Å². The molecule has 0 bridgehead atoms. The van der Waals surface area contributed by atoms with Crippen LogP contribution in [-0.2, 0) is 57.5 Å². The fraction of sp³-hybridized carbons (Fsp3) is 0.727. The van der Waals surface area contributed by atoms with Gasteiger partial charge in [0.15, 0.2) is 46.8 Å². The molecule has 494 valence electrons. The van der Waals surface area contributed by atoms with Gasteiger partial charge in [0, 0.05) is 94.8 Å². The van der Waals surface area contributed by atoms with Gasteiger partial charge in [-0.05, 0) is 77.3 Å². The largest absolute Gasteiger partial charge is 0.481 e. The van der Waals surface area contributed by atoms with Gasteiger partial charge in [0.05, 0.1) is 43.8 Å². The second-order valence-electron chi connectivity index (χ2n) is 21.6. The molecule has 0 rings (SSSR count). The number of nitrogens with one attached hydrogen (secondary N) is 6. The molecule has 0 unspecified atom stereocenters. The lowest BCUT2D eigenvalue weighted by atomic mass is 9.85. The molecule has 0 aliphatic heterocycles. The molecule has 32 nitrogen and oxygen atoms in total. The van der Waals surface area contributed by atoms with E-state index in [9.17, 15) is 78.0 Å². The number of hydrogen-bond acceptors (Lipinski definition) is 19. The highest BCUT2D eigenvalue weighted by atomic mass is 16.4. The lowest BCUT2D eigenvalue weighted by molar-refractivity contribution is -0.141. The second-order valence-corrected chi connectivity index (χ2v) is 21.6. The number of nitrogens with two attached hydrogens (primary N) is 7. The Hall–Kier alpha value is -7.71. The van der Waals surface area contributed by atoms with Crippen molar-refractivity contribution in [1.82, 2.24) is 31.9 Å². The Morgan fingerprint density at radius 2 is 0.828 bits per heavy atom. The van der Waals surface area contributed by atoms with Gasteiger partial charge in [0.2, 0.25) is 29.5 Å². The summed E-state index contributed by atoms with van der Waals surface area (Å²) in [6.45, 7) is 3.51. The summed E-state index contributed by atoms with van der Waals surface area (Å²) in [7, 11) is 2.82. The Balaban J connectivity index is 7.03. The van der Waals surface area contributed by atoms with Gasteiger partial charge in [-0.3, -0.25) is 72.5 Å². The summed E-state index contributed by atoms with van der Waals surface area (Å²) in [6.07, 6.45) is -3.03. The number of carboxylic acid groups (broad SMARTS) is 2. The maximum atomic E-state index is 14.5. The summed E-state index contributed by atoms with van der Waals surface area (Å²) >= 11 is 0. The number of likely N-dealkylation sites (N-methyl/N-ethyl adjacent to an activating group) is 1. The number of rotatable bonds is 50. The zero-order valence-corrected chi connectivity index (χ0v) is 50.9. The molecule has 32 heteroatoms. The summed E-state index contributed by atoms with van der Waals surface area (Å²) in [6, 6.07) is -7.13. The van der Waals surface area contributed by atoms with Crippen LogP contribution in [0.15, 0.2) is 15.0 Å². The minimum absolute atomic E-state index is 0.0173. The van der Waals surface area contributed by atoms with E-state index in [0.29, 0.717) is 19.3 Å². The number of aliphatic hydroxyl groups is 2. The Kier molecular flexibility index (Phi) is 40.0. The molecule has 24 N–H and O–H groups in total. The van der Waals surface area contributed by atoms with E-state index in [1.807, 2.05) is 6.92 Å². The highest BCUT2D eigenvalue weighted by molar-refractivity contribution is 5.99. The number of guanidine groups is 3. The topological polar surface area (TPSA) is 577 Å². The van der Waals surface area contributed by atoms with Crippen molar-refractivity contribution in [2.75, 3.05) is 53.5 Å². The lowest BCUT2D eigenvalue weighted by Gasteiger charge is -2.26. The van der Waals surface area contributed by atoms with Crippen LogP contribution in [0.1, 0.15) is 136 Å². The van der Waals surface area contributed by atoms with Crippen LogP contribution in [0.3, 0.4) is 0 Å². The molecule has 5 amide bonds. The second kappa shape index (κ2) is 43.8. The van der Waals surface area contributed by atoms with E-state index in [-0.39, 0.29) is 101 Å². The molecule has 0 aromatic rings. The number of Topliss-reactive ketones (excluding diaryl/α,β-unsaturated/α-hetero) is 5. The van der Waals surface area contributed by atoms with Crippen LogP contribution >= 0.6 is 0 Å². The Morgan fingerprint density at radius 3 is 1.22 bits per heavy atom. The van der Waals surface area contributed by atoms with E-state index in [2.05, 4.69) is 46.9 Å².